The van der Waals surface area contributed by atoms with E-state index < -0.39 is 0 Å². The van der Waals surface area contributed by atoms with Gasteiger partial charge in [0.15, 0.2) is 6.73 Å². The van der Waals surface area contributed by atoms with E-state index in [4.69, 9.17) is 4.74 Å². The van der Waals surface area contributed by atoms with E-state index in [2.05, 4.69) is 18.5 Å². The van der Waals surface area contributed by atoms with Crippen molar-refractivity contribution in [2.24, 2.45) is 0 Å². The third-order valence-electron chi connectivity index (χ3n) is 1.20. The predicted octanol–water partition coefficient (Wildman–Crippen LogP) is 1.54. The van der Waals surface area contributed by atoms with E-state index in [1.165, 1.54) is 0 Å². The molecule has 1 N–H and O–H groups in total. The van der Waals surface area contributed by atoms with Crippen molar-refractivity contribution in [2.75, 3.05) is 6.73 Å². The number of nitrogens with one attached hydrogen (secondary N) is 1. The lowest BCUT2D eigenvalue weighted by atomic mass is 10.2. The fourth-order valence-corrected chi connectivity index (χ4v) is 0.755. The smallest absolute Gasteiger partial charge is 0.159 e. The Labute approximate surface area is 60.9 Å². The van der Waals surface area contributed by atoms with Gasteiger partial charge >= 0.3 is 0 Å². The number of ether oxygens (including phenoxy) is 1. The summed E-state index contributed by atoms with van der Waals surface area (Å²) < 4.78 is 5.05. The largest absolute Gasteiger partial charge is 0.472 e. The number of hydrogen-bond acceptors (Lipinski definition) is 2. The summed E-state index contributed by atoms with van der Waals surface area (Å²) in [7, 11) is 0. The molecule has 1 heterocycles. The van der Waals surface area contributed by atoms with Gasteiger partial charge in [-0.15, -0.1) is 0 Å². The van der Waals surface area contributed by atoms with Crippen LogP contribution < -0.4 is 5.32 Å². The van der Waals surface area contributed by atoms with E-state index in [-0.39, 0.29) is 0 Å². The van der Waals surface area contributed by atoms with E-state index in [1.807, 2.05) is 13.0 Å². The van der Waals surface area contributed by atoms with Gasteiger partial charge in [-0.05, 0) is 13.0 Å². The summed E-state index contributed by atoms with van der Waals surface area (Å²) in [5.41, 5.74) is 1.93. The third-order valence-corrected chi connectivity index (χ3v) is 1.20. The molecule has 1 aliphatic heterocycles. The Bertz CT molecular complexity index is 203. The second kappa shape index (κ2) is 2.60. The maximum Gasteiger partial charge on any atom is 0.159 e. The molecule has 54 valence electrons. The van der Waals surface area contributed by atoms with Gasteiger partial charge < -0.3 is 10.1 Å². The highest BCUT2D eigenvalue weighted by Crippen LogP contribution is 2.13. The molecule has 0 amide bonds. The molecule has 2 nitrogen and oxygen atoms in total. The molecule has 0 radical (unpaired) electrons. The summed E-state index contributed by atoms with van der Waals surface area (Å²) in [6.07, 6.45) is 1.91. The van der Waals surface area contributed by atoms with Crippen molar-refractivity contribution < 1.29 is 4.74 Å². The lowest BCUT2D eigenvalue weighted by molar-refractivity contribution is 0.256. The Morgan fingerprint density at radius 1 is 1.80 bits per heavy atom. The predicted molar refractivity (Wildman–Crippen MR) is 41.1 cm³/mol. The molecular formula is C8H11NO. The number of rotatable bonds is 1. The molecule has 1 rings (SSSR count). The minimum absolute atomic E-state index is 0.526. The normalized spacial score (nSPS) is 20.5. The molecule has 0 aromatic carbocycles. The Hall–Kier alpha value is -1.18. The first-order chi connectivity index (χ1) is 4.70. The first-order valence-electron chi connectivity index (χ1n) is 3.13. The standard InChI is InChI=1S/C8H11NO/c1-6(2)4-8-7(3)10-5-9-8/h4,9H,1,3,5H2,2H3/b8-4+. The second-order valence-corrected chi connectivity index (χ2v) is 2.29. The van der Waals surface area contributed by atoms with Crippen molar-refractivity contribution in [1.29, 1.82) is 0 Å². The maximum atomic E-state index is 5.05. The van der Waals surface area contributed by atoms with Gasteiger partial charge in [-0.25, -0.2) is 0 Å². The first-order valence-corrected chi connectivity index (χ1v) is 3.13. The van der Waals surface area contributed by atoms with Crippen LogP contribution in [-0.2, 0) is 4.74 Å². The van der Waals surface area contributed by atoms with Gasteiger partial charge in [0.25, 0.3) is 0 Å². The molecule has 0 bridgehead atoms. The Kier molecular flexibility index (Phi) is 1.81. The zero-order valence-corrected chi connectivity index (χ0v) is 6.11. The number of allylic oxidation sites excluding steroid dienone is 2. The zero-order valence-electron chi connectivity index (χ0n) is 6.11. The molecule has 1 saturated heterocycles. The lowest BCUT2D eigenvalue weighted by Crippen LogP contribution is -2.03. The van der Waals surface area contributed by atoms with Crippen LogP contribution in [0.1, 0.15) is 6.92 Å². The van der Waals surface area contributed by atoms with Crippen LogP contribution in [0.2, 0.25) is 0 Å². The van der Waals surface area contributed by atoms with Crippen molar-refractivity contribution in [3.05, 3.63) is 36.3 Å². The van der Waals surface area contributed by atoms with E-state index in [0.29, 0.717) is 12.5 Å². The first kappa shape index (κ1) is 6.93. The van der Waals surface area contributed by atoms with Crippen LogP contribution in [0, 0.1) is 0 Å². The molecule has 1 fully saturated rings. The molecule has 2 heteroatoms. The van der Waals surface area contributed by atoms with E-state index in [1.54, 1.807) is 0 Å². The van der Waals surface area contributed by atoms with E-state index >= 15 is 0 Å². The van der Waals surface area contributed by atoms with Gasteiger partial charge in [0.1, 0.15) is 5.76 Å². The summed E-state index contributed by atoms with van der Waals surface area (Å²) in [4.78, 5) is 0. The van der Waals surface area contributed by atoms with Crippen molar-refractivity contribution in [2.45, 2.75) is 6.92 Å². The highest BCUT2D eigenvalue weighted by Gasteiger charge is 2.09. The topological polar surface area (TPSA) is 21.3 Å². The third kappa shape index (κ3) is 1.41. The molecule has 0 spiro atoms. The average Bonchev–Trinajstić information content (AvgIpc) is 2.15. The molecule has 0 aliphatic carbocycles. The molecule has 0 aromatic heterocycles. The summed E-state index contributed by atoms with van der Waals surface area (Å²) in [6, 6.07) is 0. The number of hydrogen-bond donors (Lipinski definition) is 1. The quantitative estimate of drug-likeness (QED) is 0.592. The van der Waals surface area contributed by atoms with Crippen molar-refractivity contribution in [3.8, 4) is 0 Å². The molecule has 0 aromatic rings. The average molecular weight is 137 g/mol. The van der Waals surface area contributed by atoms with Crippen LogP contribution in [0.3, 0.4) is 0 Å². The minimum atomic E-state index is 0.526. The molecule has 1 aliphatic rings. The van der Waals surface area contributed by atoms with Gasteiger partial charge in [0.2, 0.25) is 0 Å². The highest BCUT2D eigenvalue weighted by molar-refractivity contribution is 5.30. The fraction of sp³-hybridized carbons (Fsp3) is 0.250. The SMILES string of the molecule is C=C(C)/C=C1/NCOC1=C. The maximum absolute atomic E-state index is 5.05. The van der Waals surface area contributed by atoms with Crippen LogP contribution in [0.15, 0.2) is 36.3 Å². The minimum Gasteiger partial charge on any atom is -0.472 e. The monoisotopic (exact) mass is 137 g/mol. The molecule has 0 saturated carbocycles. The van der Waals surface area contributed by atoms with Gasteiger partial charge in [0.05, 0.1) is 5.70 Å². The lowest BCUT2D eigenvalue weighted by Gasteiger charge is -1.94. The Balaban J connectivity index is 2.72. The fourth-order valence-electron chi connectivity index (χ4n) is 0.755. The van der Waals surface area contributed by atoms with Gasteiger partial charge in [-0.3, -0.25) is 0 Å². The Morgan fingerprint density at radius 3 is 2.90 bits per heavy atom. The Morgan fingerprint density at radius 2 is 2.50 bits per heavy atom. The molecule has 0 unspecified atom stereocenters. The van der Waals surface area contributed by atoms with Crippen LogP contribution >= 0.6 is 0 Å². The summed E-state index contributed by atoms with van der Waals surface area (Å²) in [6.45, 7) is 9.89. The van der Waals surface area contributed by atoms with Crippen LogP contribution in [0.4, 0.5) is 0 Å². The second-order valence-electron chi connectivity index (χ2n) is 2.29. The summed E-state index contributed by atoms with van der Waals surface area (Å²) >= 11 is 0. The highest BCUT2D eigenvalue weighted by atomic mass is 16.5. The van der Waals surface area contributed by atoms with Crippen LogP contribution in [-0.4, -0.2) is 6.73 Å². The summed E-state index contributed by atoms with van der Waals surface area (Å²) in [5, 5.41) is 3.02. The molecule has 10 heavy (non-hydrogen) atoms. The van der Waals surface area contributed by atoms with Crippen molar-refractivity contribution in [1.82, 2.24) is 5.32 Å². The van der Waals surface area contributed by atoms with Crippen molar-refractivity contribution >= 4 is 0 Å². The zero-order chi connectivity index (χ0) is 7.56. The van der Waals surface area contributed by atoms with Crippen LogP contribution in [0.5, 0.6) is 0 Å². The van der Waals surface area contributed by atoms with Gasteiger partial charge in [-0.1, -0.05) is 18.7 Å². The van der Waals surface area contributed by atoms with E-state index in [9.17, 15) is 0 Å². The molecular weight excluding hydrogens is 126 g/mol. The molecule has 0 atom stereocenters. The van der Waals surface area contributed by atoms with Gasteiger partial charge in [-0.2, -0.15) is 0 Å². The van der Waals surface area contributed by atoms with Crippen molar-refractivity contribution in [3.63, 3.8) is 0 Å². The van der Waals surface area contributed by atoms with Crippen LogP contribution in [0.25, 0.3) is 0 Å². The van der Waals surface area contributed by atoms with Gasteiger partial charge in [0, 0.05) is 0 Å². The summed E-state index contributed by atoms with van der Waals surface area (Å²) in [5.74, 6) is 0.697. The van der Waals surface area contributed by atoms with E-state index in [0.717, 1.165) is 11.3 Å².